The maximum Gasteiger partial charge on any atom is 0.246 e. The second-order valence-corrected chi connectivity index (χ2v) is 6.91. The molecule has 5 nitrogen and oxygen atoms in total. The molecule has 1 saturated heterocycles. The van der Waals surface area contributed by atoms with Crippen LogP contribution in [0.4, 0.5) is 0 Å². The predicted octanol–water partition coefficient (Wildman–Crippen LogP) is 1.72. The van der Waals surface area contributed by atoms with Gasteiger partial charge in [-0.05, 0) is 30.5 Å². The molecule has 1 aliphatic rings. The van der Waals surface area contributed by atoms with E-state index in [1.54, 1.807) is 22.5 Å². The normalized spacial score (nSPS) is 17.7. The second-order valence-electron chi connectivity index (χ2n) is 5.01. The van der Waals surface area contributed by atoms with Crippen molar-refractivity contribution in [3.8, 4) is 5.75 Å². The molecule has 1 aromatic carbocycles. The van der Waals surface area contributed by atoms with Crippen LogP contribution in [0, 0.1) is 0 Å². The van der Waals surface area contributed by atoms with Crippen LogP contribution in [0.5, 0.6) is 5.75 Å². The van der Waals surface area contributed by atoms with Crippen molar-refractivity contribution in [1.29, 1.82) is 0 Å². The summed E-state index contributed by atoms with van der Waals surface area (Å²) in [6.45, 7) is 1.54. The van der Waals surface area contributed by atoms with Gasteiger partial charge in [0, 0.05) is 19.6 Å². The lowest BCUT2D eigenvalue weighted by atomic mass is 10.2. The molecule has 20 heavy (non-hydrogen) atoms. The fourth-order valence-electron chi connectivity index (χ4n) is 2.47. The molecule has 0 saturated carbocycles. The number of sulfonamides is 1. The average molecular weight is 298 g/mol. The van der Waals surface area contributed by atoms with Gasteiger partial charge in [-0.25, -0.2) is 8.42 Å². The first-order chi connectivity index (χ1) is 9.59. The second kappa shape index (κ2) is 6.56. The van der Waals surface area contributed by atoms with E-state index in [4.69, 9.17) is 10.5 Å². The summed E-state index contributed by atoms with van der Waals surface area (Å²) in [7, 11) is -2.00. The zero-order valence-electron chi connectivity index (χ0n) is 11.8. The van der Waals surface area contributed by atoms with Crippen molar-refractivity contribution < 1.29 is 13.2 Å². The summed E-state index contributed by atoms with van der Waals surface area (Å²) in [6.07, 6.45) is 4.02. The van der Waals surface area contributed by atoms with Crippen LogP contribution < -0.4 is 10.5 Å². The Bertz CT molecular complexity index is 550. The Morgan fingerprint density at radius 3 is 2.40 bits per heavy atom. The molecule has 0 atom stereocenters. The van der Waals surface area contributed by atoms with Crippen LogP contribution in [-0.2, 0) is 16.6 Å². The van der Waals surface area contributed by atoms with E-state index in [-0.39, 0.29) is 4.90 Å². The highest BCUT2D eigenvalue weighted by molar-refractivity contribution is 7.89. The number of rotatable bonds is 4. The lowest BCUT2D eigenvalue weighted by Crippen LogP contribution is -2.32. The summed E-state index contributed by atoms with van der Waals surface area (Å²) in [5.74, 6) is 0.372. The topological polar surface area (TPSA) is 72.6 Å². The van der Waals surface area contributed by atoms with E-state index in [0.29, 0.717) is 25.4 Å². The summed E-state index contributed by atoms with van der Waals surface area (Å²) in [4.78, 5) is 0.235. The van der Waals surface area contributed by atoms with E-state index in [9.17, 15) is 8.42 Å². The Morgan fingerprint density at radius 2 is 1.85 bits per heavy atom. The Kier molecular flexibility index (Phi) is 5.01. The van der Waals surface area contributed by atoms with Gasteiger partial charge < -0.3 is 10.5 Å². The van der Waals surface area contributed by atoms with E-state index in [1.807, 2.05) is 0 Å². The molecule has 1 heterocycles. The van der Waals surface area contributed by atoms with Crippen molar-refractivity contribution in [2.24, 2.45) is 5.73 Å². The van der Waals surface area contributed by atoms with Crippen LogP contribution in [-0.4, -0.2) is 32.9 Å². The molecular weight excluding hydrogens is 276 g/mol. The highest BCUT2D eigenvalue weighted by Crippen LogP contribution is 2.29. The summed E-state index contributed by atoms with van der Waals surface area (Å²) in [6, 6.07) is 5.04. The van der Waals surface area contributed by atoms with Crippen molar-refractivity contribution in [2.45, 2.75) is 37.1 Å². The van der Waals surface area contributed by atoms with Gasteiger partial charge in [-0.15, -0.1) is 0 Å². The van der Waals surface area contributed by atoms with Crippen LogP contribution in [0.1, 0.15) is 31.2 Å². The Labute approximate surface area is 120 Å². The number of nitrogens with zero attached hydrogens (tertiary/aromatic N) is 1. The highest BCUT2D eigenvalue weighted by Gasteiger charge is 2.28. The van der Waals surface area contributed by atoms with Crippen LogP contribution in [0.25, 0.3) is 0 Å². The minimum atomic E-state index is -3.49. The molecule has 0 spiro atoms. The van der Waals surface area contributed by atoms with Gasteiger partial charge in [0.25, 0.3) is 0 Å². The number of hydrogen-bond donors (Lipinski definition) is 1. The smallest absolute Gasteiger partial charge is 0.246 e. The van der Waals surface area contributed by atoms with Crippen molar-refractivity contribution >= 4 is 10.0 Å². The molecule has 1 aromatic rings. The van der Waals surface area contributed by atoms with Crippen molar-refractivity contribution in [1.82, 2.24) is 4.31 Å². The first-order valence-electron chi connectivity index (χ1n) is 6.96. The molecule has 1 aliphatic heterocycles. The molecule has 0 aliphatic carbocycles. The van der Waals surface area contributed by atoms with Crippen LogP contribution in [0.15, 0.2) is 23.1 Å². The largest absolute Gasteiger partial charge is 0.495 e. The van der Waals surface area contributed by atoms with Gasteiger partial charge in [-0.3, -0.25) is 0 Å². The first kappa shape index (κ1) is 15.3. The standard InChI is InChI=1S/C14H22N2O3S/c1-19-13-10-12(11-15)6-7-14(13)20(17,18)16-8-4-2-3-5-9-16/h6-7,10H,2-5,8-9,11,15H2,1H3. The maximum atomic E-state index is 12.7. The molecule has 0 radical (unpaired) electrons. The third kappa shape index (κ3) is 3.13. The van der Waals surface area contributed by atoms with E-state index in [0.717, 1.165) is 31.2 Å². The Hall–Kier alpha value is -1.11. The van der Waals surface area contributed by atoms with E-state index >= 15 is 0 Å². The molecule has 0 bridgehead atoms. The van der Waals surface area contributed by atoms with Crippen LogP contribution >= 0.6 is 0 Å². The molecule has 2 rings (SSSR count). The quantitative estimate of drug-likeness (QED) is 0.918. The van der Waals surface area contributed by atoms with Crippen LogP contribution in [0.3, 0.4) is 0 Å². The maximum absolute atomic E-state index is 12.7. The van der Waals surface area contributed by atoms with Crippen molar-refractivity contribution in [2.75, 3.05) is 20.2 Å². The van der Waals surface area contributed by atoms with E-state index in [1.165, 1.54) is 7.11 Å². The molecule has 0 aromatic heterocycles. The number of benzene rings is 1. The van der Waals surface area contributed by atoms with E-state index in [2.05, 4.69) is 0 Å². The zero-order chi connectivity index (χ0) is 14.6. The average Bonchev–Trinajstić information content (AvgIpc) is 2.76. The molecule has 6 heteroatoms. The van der Waals surface area contributed by atoms with E-state index < -0.39 is 10.0 Å². The number of ether oxygens (including phenoxy) is 1. The van der Waals surface area contributed by atoms with Gasteiger partial charge in [-0.2, -0.15) is 4.31 Å². The number of hydrogen-bond acceptors (Lipinski definition) is 4. The monoisotopic (exact) mass is 298 g/mol. The lowest BCUT2D eigenvalue weighted by Gasteiger charge is -2.21. The first-order valence-corrected chi connectivity index (χ1v) is 8.40. The van der Waals surface area contributed by atoms with Crippen molar-refractivity contribution in [3.05, 3.63) is 23.8 Å². The van der Waals surface area contributed by atoms with Gasteiger partial charge in [-0.1, -0.05) is 18.9 Å². The fourth-order valence-corrected chi connectivity index (χ4v) is 4.13. The third-order valence-corrected chi connectivity index (χ3v) is 5.58. The van der Waals surface area contributed by atoms with Gasteiger partial charge in [0.05, 0.1) is 7.11 Å². The van der Waals surface area contributed by atoms with Gasteiger partial charge in [0.2, 0.25) is 10.0 Å². The minimum absolute atomic E-state index is 0.235. The highest BCUT2D eigenvalue weighted by atomic mass is 32.2. The predicted molar refractivity (Wildman–Crippen MR) is 78.1 cm³/mol. The Balaban J connectivity index is 2.37. The molecule has 112 valence electrons. The summed E-state index contributed by atoms with van der Waals surface area (Å²) >= 11 is 0. The summed E-state index contributed by atoms with van der Waals surface area (Å²) in [5.41, 5.74) is 6.44. The molecule has 1 fully saturated rings. The van der Waals surface area contributed by atoms with Gasteiger partial charge in [0.1, 0.15) is 10.6 Å². The number of methoxy groups -OCH3 is 1. The summed E-state index contributed by atoms with van der Waals surface area (Å²) < 4.78 is 32.3. The molecule has 0 unspecified atom stereocenters. The Morgan fingerprint density at radius 1 is 1.20 bits per heavy atom. The third-order valence-electron chi connectivity index (χ3n) is 3.65. The van der Waals surface area contributed by atoms with Crippen LogP contribution in [0.2, 0.25) is 0 Å². The SMILES string of the molecule is COc1cc(CN)ccc1S(=O)(=O)N1CCCCCC1. The van der Waals surface area contributed by atoms with Crippen molar-refractivity contribution in [3.63, 3.8) is 0 Å². The lowest BCUT2D eigenvalue weighted by molar-refractivity contribution is 0.391. The minimum Gasteiger partial charge on any atom is -0.495 e. The fraction of sp³-hybridized carbons (Fsp3) is 0.571. The van der Waals surface area contributed by atoms with Gasteiger partial charge in [0.15, 0.2) is 0 Å². The van der Waals surface area contributed by atoms with Gasteiger partial charge >= 0.3 is 0 Å². The zero-order valence-corrected chi connectivity index (χ0v) is 12.7. The molecule has 0 amide bonds. The molecule has 2 N–H and O–H groups in total. The summed E-state index contributed by atoms with van der Waals surface area (Å²) in [5, 5.41) is 0. The number of nitrogens with two attached hydrogens (primary N) is 1. The molecular formula is C14H22N2O3S.